The van der Waals surface area contributed by atoms with E-state index in [1.807, 2.05) is 12.1 Å². The largest absolute Gasteiger partial charge is 0.480 e. The first-order chi connectivity index (χ1) is 8.54. The molecule has 7 heteroatoms. The van der Waals surface area contributed by atoms with E-state index in [0.29, 0.717) is 5.69 Å². The molecule has 18 heavy (non-hydrogen) atoms. The molecule has 0 spiro atoms. The van der Waals surface area contributed by atoms with Crippen molar-refractivity contribution in [2.45, 2.75) is 12.5 Å². The molecule has 0 aromatic heterocycles. The number of anilines is 1. The van der Waals surface area contributed by atoms with Gasteiger partial charge in [-0.05, 0) is 34.7 Å². The van der Waals surface area contributed by atoms with Crippen molar-refractivity contribution in [2.24, 2.45) is 0 Å². The van der Waals surface area contributed by atoms with Gasteiger partial charge in [-0.15, -0.1) is 0 Å². The predicted molar refractivity (Wildman–Crippen MR) is 74.4 cm³/mol. The molecular weight excluding hydrogens is 351 g/mol. The van der Waals surface area contributed by atoms with E-state index in [0.717, 1.165) is 3.57 Å². The molecule has 1 unspecified atom stereocenters. The summed E-state index contributed by atoms with van der Waals surface area (Å²) in [6.07, 6.45) is -0.0331. The molecule has 0 aliphatic rings. The van der Waals surface area contributed by atoms with Crippen molar-refractivity contribution in [3.05, 3.63) is 27.8 Å². The van der Waals surface area contributed by atoms with Crippen molar-refractivity contribution in [3.8, 4) is 0 Å². The van der Waals surface area contributed by atoms with Crippen LogP contribution in [0.25, 0.3) is 0 Å². The highest BCUT2D eigenvalue weighted by molar-refractivity contribution is 14.1. The first-order valence-electron chi connectivity index (χ1n) is 5.20. The standard InChI is InChI=1S/C11H13IN2O4/c12-7-3-1-2-4-8(7)13-11(18)14-9(5-6-15)10(16)17/h1-4,9,15H,5-6H2,(H,16,17)(H2,13,14,18). The summed E-state index contributed by atoms with van der Waals surface area (Å²) >= 11 is 2.06. The quantitative estimate of drug-likeness (QED) is 0.591. The van der Waals surface area contributed by atoms with Crippen molar-refractivity contribution in [1.29, 1.82) is 0 Å². The number of nitrogens with one attached hydrogen (secondary N) is 2. The number of carbonyl (C=O) groups is 2. The van der Waals surface area contributed by atoms with E-state index in [9.17, 15) is 9.59 Å². The number of aliphatic carboxylic acids is 1. The molecular formula is C11H13IN2O4. The lowest BCUT2D eigenvalue weighted by Gasteiger charge is -2.14. The molecule has 4 N–H and O–H groups in total. The van der Waals surface area contributed by atoms with E-state index in [2.05, 4.69) is 33.2 Å². The third-order valence-electron chi connectivity index (χ3n) is 2.14. The Morgan fingerprint density at radius 3 is 2.56 bits per heavy atom. The Morgan fingerprint density at radius 1 is 1.33 bits per heavy atom. The summed E-state index contributed by atoms with van der Waals surface area (Å²) in [4.78, 5) is 22.4. The van der Waals surface area contributed by atoms with Gasteiger partial charge in [-0.2, -0.15) is 0 Å². The third-order valence-corrected chi connectivity index (χ3v) is 3.08. The van der Waals surface area contributed by atoms with Crippen LogP contribution in [0.2, 0.25) is 0 Å². The van der Waals surface area contributed by atoms with Crippen molar-refractivity contribution in [2.75, 3.05) is 11.9 Å². The van der Waals surface area contributed by atoms with Gasteiger partial charge in [0.25, 0.3) is 0 Å². The lowest BCUT2D eigenvalue weighted by molar-refractivity contribution is -0.139. The molecule has 0 radical (unpaired) electrons. The zero-order chi connectivity index (χ0) is 13.5. The number of carboxylic acids is 1. The summed E-state index contributed by atoms with van der Waals surface area (Å²) in [6, 6.07) is 5.41. The highest BCUT2D eigenvalue weighted by Crippen LogP contribution is 2.16. The maximum atomic E-state index is 11.6. The average Bonchev–Trinajstić information content (AvgIpc) is 2.31. The van der Waals surface area contributed by atoms with Crippen molar-refractivity contribution in [3.63, 3.8) is 0 Å². The first kappa shape index (κ1) is 14.7. The van der Waals surface area contributed by atoms with Crippen LogP contribution in [0.5, 0.6) is 0 Å². The van der Waals surface area contributed by atoms with Gasteiger partial charge in [-0.3, -0.25) is 0 Å². The van der Waals surface area contributed by atoms with Gasteiger partial charge in [0.15, 0.2) is 0 Å². The highest BCUT2D eigenvalue weighted by atomic mass is 127. The smallest absolute Gasteiger partial charge is 0.326 e. The van der Waals surface area contributed by atoms with Crippen molar-refractivity contribution < 1.29 is 19.8 Å². The zero-order valence-electron chi connectivity index (χ0n) is 9.39. The van der Waals surface area contributed by atoms with E-state index in [-0.39, 0.29) is 13.0 Å². The van der Waals surface area contributed by atoms with Gasteiger partial charge in [0.2, 0.25) is 0 Å². The van der Waals surface area contributed by atoms with Crippen LogP contribution in [0.4, 0.5) is 10.5 Å². The van der Waals surface area contributed by atoms with Gasteiger partial charge < -0.3 is 20.8 Å². The minimum absolute atomic E-state index is 0.0331. The maximum absolute atomic E-state index is 11.6. The zero-order valence-corrected chi connectivity index (χ0v) is 11.5. The molecule has 0 saturated carbocycles. The number of carbonyl (C=O) groups excluding carboxylic acids is 1. The third kappa shape index (κ3) is 4.49. The summed E-state index contributed by atoms with van der Waals surface area (Å²) in [5.41, 5.74) is 0.601. The number of rotatable bonds is 5. The van der Waals surface area contributed by atoms with Gasteiger partial charge in [-0.1, -0.05) is 12.1 Å². The molecule has 6 nitrogen and oxygen atoms in total. The SMILES string of the molecule is O=C(Nc1ccccc1I)NC(CCO)C(=O)O. The molecule has 0 bridgehead atoms. The Kier molecular flexibility index (Phi) is 5.86. The summed E-state index contributed by atoms with van der Waals surface area (Å²) < 4.78 is 0.847. The molecule has 1 rings (SSSR count). The average molecular weight is 364 g/mol. The monoisotopic (exact) mass is 364 g/mol. The van der Waals surface area contributed by atoms with Crippen LogP contribution in [-0.2, 0) is 4.79 Å². The van der Waals surface area contributed by atoms with Crippen LogP contribution in [-0.4, -0.2) is 34.9 Å². The Bertz CT molecular complexity index is 439. The molecule has 2 amide bonds. The molecule has 1 atom stereocenters. The molecule has 0 saturated heterocycles. The number of carboxylic acid groups (broad SMARTS) is 1. The number of para-hydroxylation sites is 1. The lowest BCUT2D eigenvalue weighted by atomic mass is 10.2. The topological polar surface area (TPSA) is 98.7 Å². The minimum Gasteiger partial charge on any atom is -0.480 e. The van der Waals surface area contributed by atoms with Crippen molar-refractivity contribution >= 4 is 40.3 Å². The molecule has 98 valence electrons. The van der Waals surface area contributed by atoms with Crippen LogP contribution in [0, 0.1) is 3.57 Å². The summed E-state index contributed by atoms with van der Waals surface area (Å²) in [7, 11) is 0. The van der Waals surface area contributed by atoms with Crippen molar-refractivity contribution in [1.82, 2.24) is 5.32 Å². The molecule has 0 fully saturated rings. The second kappa shape index (κ2) is 7.17. The summed E-state index contributed by atoms with van der Waals surface area (Å²) in [5.74, 6) is -1.18. The van der Waals surface area contributed by atoms with Crippen LogP contribution >= 0.6 is 22.6 Å². The first-order valence-corrected chi connectivity index (χ1v) is 6.28. The van der Waals surface area contributed by atoms with E-state index in [4.69, 9.17) is 10.2 Å². The Hall–Kier alpha value is -1.35. The molecule has 0 heterocycles. The second-order valence-electron chi connectivity index (χ2n) is 3.48. The number of halogens is 1. The van der Waals surface area contributed by atoms with Gasteiger partial charge in [0.05, 0.1) is 5.69 Å². The van der Waals surface area contributed by atoms with Gasteiger partial charge in [0.1, 0.15) is 6.04 Å². The van der Waals surface area contributed by atoms with E-state index in [1.165, 1.54) is 0 Å². The van der Waals surface area contributed by atoms with Gasteiger partial charge in [-0.25, -0.2) is 9.59 Å². The molecule has 1 aromatic carbocycles. The predicted octanol–water partition coefficient (Wildman–Crippen LogP) is 1.25. The Labute approximate surface area is 118 Å². The Balaban J connectivity index is 2.61. The second-order valence-corrected chi connectivity index (χ2v) is 4.64. The van der Waals surface area contributed by atoms with E-state index < -0.39 is 18.0 Å². The Morgan fingerprint density at radius 2 is 2.00 bits per heavy atom. The van der Waals surface area contributed by atoms with Gasteiger partial charge >= 0.3 is 12.0 Å². The fourth-order valence-corrected chi connectivity index (χ4v) is 1.79. The number of benzene rings is 1. The molecule has 0 aliphatic heterocycles. The number of aliphatic hydroxyl groups is 1. The van der Waals surface area contributed by atoms with Crippen LogP contribution < -0.4 is 10.6 Å². The van der Waals surface area contributed by atoms with E-state index in [1.54, 1.807) is 12.1 Å². The fraction of sp³-hybridized carbons (Fsp3) is 0.273. The normalized spacial score (nSPS) is 11.7. The fourth-order valence-electron chi connectivity index (χ4n) is 1.27. The summed E-state index contributed by atoms with van der Waals surface area (Å²) in [6.45, 7) is -0.305. The molecule has 1 aromatic rings. The van der Waals surface area contributed by atoms with Gasteiger partial charge in [0, 0.05) is 16.6 Å². The number of aliphatic hydroxyl groups excluding tert-OH is 1. The van der Waals surface area contributed by atoms with Crippen LogP contribution in [0.3, 0.4) is 0 Å². The number of urea groups is 1. The van der Waals surface area contributed by atoms with Crippen LogP contribution in [0.15, 0.2) is 24.3 Å². The lowest BCUT2D eigenvalue weighted by Crippen LogP contribution is -2.43. The minimum atomic E-state index is -1.18. The maximum Gasteiger partial charge on any atom is 0.326 e. The van der Waals surface area contributed by atoms with Crippen LogP contribution in [0.1, 0.15) is 6.42 Å². The highest BCUT2D eigenvalue weighted by Gasteiger charge is 2.19. The van der Waals surface area contributed by atoms with E-state index >= 15 is 0 Å². The number of hydrogen-bond acceptors (Lipinski definition) is 3. The summed E-state index contributed by atoms with van der Waals surface area (Å²) in [5, 5.41) is 22.3. The molecule has 0 aliphatic carbocycles. The number of hydrogen-bond donors (Lipinski definition) is 4. The number of amides is 2.